The van der Waals surface area contributed by atoms with Crippen LogP contribution >= 0.6 is 11.3 Å². The standard InChI is InChI=1S/C14H17N3O4S/c1-17(8-2-5-13(19)20)12(18)7-6-11-15-14(16-21-11)10-4-3-9-22-10/h3-4,9H,2,5-8H2,1H3,(H,19,20). The number of carboxylic acids is 1. The second-order valence-corrected chi connectivity index (χ2v) is 5.75. The van der Waals surface area contributed by atoms with Gasteiger partial charge in [-0.2, -0.15) is 4.98 Å². The molecule has 0 aromatic carbocycles. The molecule has 7 nitrogen and oxygen atoms in total. The molecule has 0 saturated carbocycles. The van der Waals surface area contributed by atoms with Gasteiger partial charge in [0.15, 0.2) is 0 Å². The fourth-order valence-electron chi connectivity index (χ4n) is 1.86. The number of nitrogens with zero attached hydrogens (tertiary/aromatic N) is 3. The van der Waals surface area contributed by atoms with E-state index >= 15 is 0 Å². The second-order valence-electron chi connectivity index (χ2n) is 4.80. The van der Waals surface area contributed by atoms with Gasteiger partial charge in [-0.15, -0.1) is 11.3 Å². The molecule has 2 heterocycles. The number of carbonyl (C=O) groups excluding carboxylic acids is 1. The first-order valence-corrected chi connectivity index (χ1v) is 7.76. The smallest absolute Gasteiger partial charge is 0.303 e. The summed E-state index contributed by atoms with van der Waals surface area (Å²) in [5.41, 5.74) is 0. The molecule has 0 spiro atoms. The van der Waals surface area contributed by atoms with Crippen molar-refractivity contribution >= 4 is 23.2 Å². The minimum atomic E-state index is -0.854. The lowest BCUT2D eigenvalue weighted by Gasteiger charge is -2.15. The van der Waals surface area contributed by atoms with Crippen molar-refractivity contribution in [1.82, 2.24) is 15.0 Å². The number of thiophene rings is 1. The van der Waals surface area contributed by atoms with Crippen molar-refractivity contribution in [3.05, 3.63) is 23.4 Å². The van der Waals surface area contributed by atoms with Crippen LogP contribution in [0, 0.1) is 0 Å². The van der Waals surface area contributed by atoms with Crippen LogP contribution < -0.4 is 0 Å². The largest absolute Gasteiger partial charge is 0.481 e. The van der Waals surface area contributed by atoms with Gasteiger partial charge in [-0.05, 0) is 17.9 Å². The number of hydrogen-bond acceptors (Lipinski definition) is 6. The van der Waals surface area contributed by atoms with Crippen molar-refractivity contribution in [2.24, 2.45) is 0 Å². The van der Waals surface area contributed by atoms with Crippen LogP contribution in [0.4, 0.5) is 0 Å². The number of amides is 1. The van der Waals surface area contributed by atoms with Crippen molar-refractivity contribution in [2.45, 2.75) is 25.7 Å². The van der Waals surface area contributed by atoms with Gasteiger partial charge in [0.25, 0.3) is 0 Å². The van der Waals surface area contributed by atoms with Crippen LogP contribution in [0.1, 0.15) is 25.2 Å². The molecule has 0 aliphatic heterocycles. The first-order valence-electron chi connectivity index (χ1n) is 6.88. The molecule has 1 N–H and O–H groups in total. The fraction of sp³-hybridized carbons (Fsp3) is 0.429. The SMILES string of the molecule is CN(CCCC(=O)O)C(=O)CCc1nc(-c2cccs2)no1. The first kappa shape index (κ1) is 16.2. The van der Waals surface area contributed by atoms with Crippen LogP contribution in [0.5, 0.6) is 0 Å². The molecule has 0 fully saturated rings. The average Bonchev–Trinajstić information content (AvgIpc) is 3.14. The number of aromatic nitrogens is 2. The lowest BCUT2D eigenvalue weighted by molar-refractivity contribution is -0.138. The van der Waals surface area contributed by atoms with Gasteiger partial charge in [0, 0.05) is 32.9 Å². The minimum absolute atomic E-state index is 0.0610. The van der Waals surface area contributed by atoms with Gasteiger partial charge in [-0.25, -0.2) is 0 Å². The molecule has 2 aromatic heterocycles. The highest BCUT2D eigenvalue weighted by molar-refractivity contribution is 7.13. The molecule has 0 aliphatic rings. The van der Waals surface area contributed by atoms with E-state index in [0.29, 0.717) is 31.1 Å². The van der Waals surface area contributed by atoms with E-state index in [9.17, 15) is 9.59 Å². The van der Waals surface area contributed by atoms with Crippen LogP contribution in [0.3, 0.4) is 0 Å². The molecule has 0 unspecified atom stereocenters. The number of carboxylic acid groups (broad SMARTS) is 1. The normalized spacial score (nSPS) is 10.6. The van der Waals surface area contributed by atoms with Gasteiger partial charge in [0.1, 0.15) is 0 Å². The highest BCUT2D eigenvalue weighted by Gasteiger charge is 2.13. The van der Waals surface area contributed by atoms with Crippen LogP contribution in [0.2, 0.25) is 0 Å². The van der Waals surface area contributed by atoms with E-state index in [2.05, 4.69) is 10.1 Å². The van der Waals surface area contributed by atoms with E-state index in [1.807, 2.05) is 17.5 Å². The maximum atomic E-state index is 11.9. The Bertz CT molecular complexity index is 624. The third-order valence-electron chi connectivity index (χ3n) is 3.07. The maximum absolute atomic E-state index is 11.9. The van der Waals surface area contributed by atoms with Gasteiger partial charge in [0.05, 0.1) is 4.88 Å². The number of hydrogen-bond donors (Lipinski definition) is 1. The van der Waals surface area contributed by atoms with Crippen LogP contribution in [0.25, 0.3) is 10.7 Å². The molecule has 0 saturated heterocycles. The Labute approximate surface area is 131 Å². The average molecular weight is 323 g/mol. The summed E-state index contributed by atoms with van der Waals surface area (Å²) in [6, 6.07) is 3.81. The molecular weight excluding hydrogens is 306 g/mol. The zero-order valence-electron chi connectivity index (χ0n) is 12.2. The van der Waals surface area contributed by atoms with E-state index in [1.54, 1.807) is 7.05 Å². The van der Waals surface area contributed by atoms with Crippen LogP contribution in [-0.4, -0.2) is 45.6 Å². The molecule has 1 amide bonds. The second kappa shape index (κ2) is 7.69. The summed E-state index contributed by atoms with van der Waals surface area (Å²) in [7, 11) is 1.66. The lowest BCUT2D eigenvalue weighted by Crippen LogP contribution is -2.28. The van der Waals surface area contributed by atoms with Crippen molar-refractivity contribution < 1.29 is 19.2 Å². The molecule has 0 aliphatic carbocycles. The molecule has 0 radical (unpaired) electrons. The Morgan fingerprint density at radius 3 is 2.91 bits per heavy atom. The van der Waals surface area contributed by atoms with Gasteiger partial charge in [-0.1, -0.05) is 11.2 Å². The molecule has 2 aromatic rings. The summed E-state index contributed by atoms with van der Waals surface area (Å²) in [4.78, 5) is 29.1. The summed E-state index contributed by atoms with van der Waals surface area (Å²) >= 11 is 1.52. The van der Waals surface area contributed by atoms with Gasteiger partial charge in [-0.3, -0.25) is 9.59 Å². The molecule has 2 rings (SSSR count). The van der Waals surface area contributed by atoms with E-state index in [-0.39, 0.29) is 18.7 Å². The highest BCUT2D eigenvalue weighted by Crippen LogP contribution is 2.21. The predicted octanol–water partition coefficient (Wildman–Crippen LogP) is 2.05. The maximum Gasteiger partial charge on any atom is 0.303 e. The van der Waals surface area contributed by atoms with Crippen LogP contribution in [-0.2, 0) is 16.0 Å². The predicted molar refractivity (Wildman–Crippen MR) is 80.4 cm³/mol. The number of carbonyl (C=O) groups is 2. The summed E-state index contributed by atoms with van der Waals surface area (Å²) < 4.78 is 5.13. The third kappa shape index (κ3) is 4.66. The van der Waals surface area contributed by atoms with Crippen molar-refractivity contribution in [1.29, 1.82) is 0 Å². The molecular formula is C14H17N3O4S. The Hall–Kier alpha value is -2.22. The van der Waals surface area contributed by atoms with E-state index < -0.39 is 5.97 Å². The molecule has 0 bridgehead atoms. The Morgan fingerprint density at radius 2 is 2.23 bits per heavy atom. The number of aliphatic carboxylic acids is 1. The van der Waals surface area contributed by atoms with Crippen molar-refractivity contribution in [3.63, 3.8) is 0 Å². The van der Waals surface area contributed by atoms with Gasteiger partial charge >= 0.3 is 5.97 Å². The summed E-state index contributed by atoms with van der Waals surface area (Å²) in [5, 5.41) is 14.4. The molecule has 0 atom stereocenters. The quantitative estimate of drug-likeness (QED) is 0.798. The number of rotatable bonds is 8. The fourth-order valence-corrected chi connectivity index (χ4v) is 2.51. The van der Waals surface area contributed by atoms with Crippen molar-refractivity contribution in [3.8, 4) is 10.7 Å². The zero-order chi connectivity index (χ0) is 15.9. The Balaban J connectivity index is 1.77. The third-order valence-corrected chi connectivity index (χ3v) is 3.94. The monoisotopic (exact) mass is 323 g/mol. The number of aryl methyl sites for hydroxylation is 1. The summed E-state index contributed by atoms with van der Waals surface area (Å²) in [5.74, 6) is 0.0389. The minimum Gasteiger partial charge on any atom is -0.481 e. The van der Waals surface area contributed by atoms with Gasteiger partial charge < -0.3 is 14.5 Å². The highest BCUT2D eigenvalue weighted by atomic mass is 32.1. The first-order chi connectivity index (χ1) is 10.6. The van der Waals surface area contributed by atoms with E-state index in [0.717, 1.165) is 4.88 Å². The van der Waals surface area contributed by atoms with E-state index in [4.69, 9.17) is 9.63 Å². The van der Waals surface area contributed by atoms with Crippen LogP contribution in [0.15, 0.2) is 22.0 Å². The summed E-state index contributed by atoms with van der Waals surface area (Å²) in [6.07, 6.45) is 1.14. The lowest BCUT2D eigenvalue weighted by atomic mass is 10.2. The molecule has 118 valence electrons. The van der Waals surface area contributed by atoms with Crippen molar-refractivity contribution in [2.75, 3.05) is 13.6 Å². The topological polar surface area (TPSA) is 96.5 Å². The van der Waals surface area contributed by atoms with E-state index in [1.165, 1.54) is 16.2 Å². The Kier molecular flexibility index (Phi) is 5.65. The zero-order valence-corrected chi connectivity index (χ0v) is 13.0. The Morgan fingerprint density at radius 1 is 1.41 bits per heavy atom. The summed E-state index contributed by atoms with van der Waals surface area (Å²) in [6.45, 7) is 0.426. The molecule has 8 heteroatoms. The van der Waals surface area contributed by atoms with Gasteiger partial charge in [0.2, 0.25) is 17.6 Å². The molecule has 22 heavy (non-hydrogen) atoms.